The van der Waals surface area contributed by atoms with Crippen molar-refractivity contribution >= 4 is 57.3 Å². The number of furan rings is 1. The molecule has 0 aliphatic rings. The lowest BCUT2D eigenvalue weighted by atomic mass is 10.2. The zero-order valence-electron chi connectivity index (χ0n) is 11.6. The monoisotopic (exact) mass is 440 g/mol. The number of nitrogens with zero attached hydrogens (tertiary/aromatic N) is 1. The summed E-state index contributed by atoms with van der Waals surface area (Å²) in [5, 5.41) is 15.0. The maximum absolute atomic E-state index is 12.0. The van der Waals surface area contributed by atoms with Crippen molar-refractivity contribution in [2.75, 3.05) is 0 Å². The molecule has 5 nitrogen and oxygen atoms in total. The van der Waals surface area contributed by atoms with Gasteiger partial charge in [0.2, 0.25) is 0 Å². The fourth-order valence-electron chi connectivity index (χ4n) is 1.99. The molecule has 0 radical (unpaired) electrons. The molecule has 3 rings (SSSR count). The number of phenolic OH excluding ortho intramolecular Hbond substituents is 1. The van der Waals surface area contributed by atoms with Crippen molar-refractivity contribution in [2.45, 2.75) is 0 Å². The van der Waals surface area contributed by atoms with Crippen LogP contribution in [0.2, 0.25) is 5.02 Å². The summed E-state index contributed by atoms with van der Waals surface area (Å²) in [6.07, 6.45) is 1.32. The van der Waals surface area contributed by atoms with Gasteiger partial charge in [-0.2, -0.15) is 5.10 Å². The Morgan fingerprint density at radius 2 is 2.09 bits per heavy atom. The summed E-state index contributed by atoms with van der Waals surface area (Å²) in [6.45, 7) is 0. The first-order chi connectivity index (χ1) is 11.0. The molecule has 0 saturated heterocycles. The molecular formula is C16H10ClIN2O3. The Morgan fingerprint density at radius 1 is 1.30 bits per heavy atom. The second-order valence-corrected chi connectivity index (χ2v) is 6.27. The predicted octanol–water partition coefficient (Wildman–Crippen LogP) is 4.16. The van der Waals surface area contributed by atoms with Crippen LogP contribution in [0.4, 0.5) is 0 Å². The standard InChI is InChI=1S/C16H10ClIN2O3/c17-11-5-10(15(21)12(18)7-11)8-19-20-16(22)14-6-9-3-1-2-4-13(9)23-14/h1-8,21H,(H,20,22)/b19-8+. The minimum absolute atomic E-state index is 0.0525. The third-order valence-corrected chi connectivity index (χ3v) is 4.12. The normalized spacial score (nSPS) is 11.2. The van der Waals surface area contributed by atoms with Gasteiger partial charge in [0.05, 0.1) is 9.78 Å². The van der Waals surface area contributed by atoms with Crippen LogP contribution >= 0.6 is 34.2 Å². The second kappa shape index (κ2) is 6.59. The molecule has 1 heterocycles. The molecule has 0 aliphatic carbocycles. The minimum Gasteiger partial charge on any atom is -0.506 e. The van der Waals surface area contributed by atoms with E-state index < -0.39 is 5.91 Å². The summed E-state index contributed by atoms with van der Waals surface area (Å²) >= 11 is 7.88. The Labute approximate surface area is 150 Å². The van der Waals surface area contributed by atoms with Crippen LogP contribution in [0.25, 0.3) is 11.0 Å². The molecule has 2 aromatic carbocycles. The summed E-state index contributed by atoms with van der Waals surface area (Å²) in [5.41, 5.74) is 3.39. The van der Waals surface area contributed by atoms with Crippen LogP contribution in [0.3, 0.4) is 0 Å². The zero-order valence-corrected chi connectivity index (χ0v) is 14.5. The number of rotatable bonds is 3. The third-order valence-electron chi connectivity index (χ3n) is 3.08. The van der Waals surface area contributed by atoms with Crippen molar-refractivity contribution in [3.8, 4) is 5.75 Å². The Hall–Kier alpha value is -2.06. The van der Waals surface area contributed by atoms with Crippen LogP contribution in [0.1, 0.15) is 16.1 Å². The van der Waals surface area contributed by atoms with E-state index in [1.807, 2.05) is 40.8 Å². The number of benzene rings is 2. The van der Waals surface area contributed by atoms with Crippen LogP contribution < -0.4 is 5.43 Å². The molecule has 0 bridgehead atoms. The highest BCUT2D eigenvalue weighted by molar-refractivity contribution is 14.1. The summed E-state index contributed by atoms with van der Waals surface area (Å²) in [5.74, 6) is -0.265. The van der Waals surface area contributed by atoms with Crippen LogP contribution in [0, 0.1) is 3.57 Å². The fraction of sp³-hybridized carbons (Fsp3) is 0. The van der Waals surface area contributed by atoms with Gasteiger partial charge in [0, 0.05) is 16.0 Å². The number of para-hydroxylation sites is 1. The second-order valence-electron chi connectivity index (χ2n) is 4.67. The molecule has 0 saturated carbocycles. The summed E-state index contributed by atoms with van der Waals surface area (Å²) < 4.78 is 6.03. The third kappa shape index (κ3) is 3.48. The maximum atomic E-state index is 12.0. The summed E-state index contributed by atoms with van der Waals surface area (Å²) in [6, 6.07) is 12.1. The Bertz CT molecular complexity index is 888. The summed E-state index contributed by atoms with van der Waals surface area (Å²) in [7, 11) is 0. The van der Waals surface area contributed by atoms with Gasteiger partial charge >= 0.3 is 5.91 Å². The summed E-state index contributed by atoms with van der Waals surface area (Å²) in [4.78, 5) is 12.0. The van der Waals surface area contributed by atoms with Crippen molar-refractivity contribution in [1.29, 1.82) is 0 Å². The zero-order chi connectivity index (χ0) is 16.4. The maximum Gasteiger partial charge on any atom is 0.307 e. The number of amides is 1. The number of phenols is 1. The first-order valence-corrected chi connectivity index (χ1v) is 8.00. The molecule has 0 spiro atoms. The number of nitrogens with one attached hydrogen (secondary N) is 1. The van der Waals surface area contributed by atoms with Crippen molar-refractivity contribution in [3.05, 3.63) is 62.4 Å². The molecular weight excluding hydrogens is 431 g/mol. The number of hydrazone groups is 1. The van der Waals surface area contributed by atoms with E-state index in [-0.39, 0.29) is 11.5 Å². The number of aromatic hydroxyl groups is 1. The molecule has 116 valence electrons. The highest BCUT2D eigenvalue weighted by atomic mass is 127. The Balaban J connectivity index is 1.76. The van der Waals surface area contributed by atoms with Crippen LogP contribution in [-0.2, 0) is 0 Å². The van der Waals surface area contributed by atoms with Gasteiger partial charge < -0.3 is 9.52 Å². The quantitative estimate of drug-likeness (QED) is 0.365. The van der Waals surface area contributed by atoms with Gasteiger partial charge in [-0.3, -0.25) is 4.79 Å². The number of hydrogen-bond acceptors (Lipinski definition) is 4. The minimum atomic E-state index is -0.478. The van der Waals surface area contributed by atoms with E-state index in [4.69, 9.17) is 16.0 Å². The molecule has 0 fully saturated rings. The Morgan fingerprint density at radius 3 is 2.87 bits per heavy atom. The van der Waals surface area contributed by atoms with E-state index in [9.17, 15) is 9.90 Å². The van der Waals surface area contributed by atoms with Gasteiger partial charge in [-0.15, -0.1) is 0 Å². The van der Waals surface area contributed by atoms with E-state index in [2.05, 4.69) is 10.5 Å². The van der Waals surface area contributed by atoms with Gasteiger partial charge in [-0.25, -0.2) is 5.43 Å². The van der Waals surface area contributed by atoms with E-state index in [1.165, 1.54) is 6.21 Å². The molecule has 0 atom stereocenters. The average Bonchev–Trinajstić information content (AvgIpc) is 2.96. The predicted molar refractivity (Wildman–Crippen MR) is 97.1 cm³/mol. The van der Waals surface area contributed by atoms with Crippen LogP contribution in [0.5, 0.6) is 5.75 Å². The first-order valence-electron chi connectivity index (χ1n) is 6.54. The van der Waals surface area contributed by atoms with Gasteiger partial charge in [-0.05, 0) is 46.9 Å². The van der Waals surface area contributed by atoms with Gasteiger partial charge in [0.15, 0.2) is 5.76 Å². The smallest absolute Gasteiger partial charge is 0.307 e. The molecule has 1 aromatic heterocycles. The molecule has 7 heteroatoms. The number of halogens is 2. The average molecular weight is 441 g/mol. The van der Waals surface area contributed by atoms with Crippen LogP contribution in [-0.4, -0.2) is 17.2 Å². The molecule has 3 aromatic rings. The lowest BCUT2D eigenvalue weighted by molar-refractivity contribution is 0.0929. The van der Waals surface area contributed by atoms with Gasteiger partial charge in [0.1, 0.15) is 11.3 Å². The van der Waals surface area contributed by atoms with E-state index in [0.717, 1.165) is 5.39 Å². The SMILES string of the molecule is O=C(N/N=C/c1cc(Cl)cc(I)c1O)c1cc2ccccc2o1. The molecule has 1 amide bonds. The highest BCUT2D eigenvalue weighted by Crippen LogP contribution is 2.27. The fourth-order valence-corrected chi connectivity index (χ4v) is 3.05. The van der Waals surface area contributed by atoms with Crippen molar-refractivity contribution in [1.82, 2.24) is 5.43 Å². The van der Waals surface area contributed by atoms with Gasteiger partial charge in [-0.1, -0.05) is 29.8 Å². The largest absolute Gasteiger partial charge is 0.506 e. The van der Waals surface area contributed by atoms with Crippen molar-refractivity contribution < 1.29 is 14.3 Å². The highest BCUT2D eigenvalue weighted by Gasteiger charge is 2.11. The van der Waals surface area contributed by atoms with E-state index >= 15 is 0 Å². The van der Waals surface area contributed by atoms with Crippen molar-refractivity contribution in [2.24, 2.45) is 5.10 Å². The molecule has 2 N–H and O–H groups in total. The number of hydrogen-bond donors (Lipinski definition) is 2. The number of carbonyl (C=O) groups is 1. The number of fused-ring (bicyclic) bond motifs is 1. The van der Waals surface area contributed by atoms with E-state index in [0.29, 0.717) is 19.7 Å². The number of carbonyl (C=O) groups excluding carboxylic acids is 1. The molecule has 0 unspecified atom stereocenters. The lowest BCUT2D eigenvalue weighted by Crippen LogP contribution is -2.16. The van der Waals surface area contributed by atoms with E-state index in [1.54, 1.807) is 24.3 Å². The van der Waals surface area contributed by atoms with Gasteiger partial charge in [0.25, 0.3) is 0 Å². The molecule has 0 aliphatic heterocycles. The topological polar surface area (TPSA) is 74.8 Å². The molecule has 23 heavy (non-hydrogen) atoms. The lowest BCUT2D eigenvalue weighted by Gasteiger charge is -2.02. The van der Waals surface area contributed by atoms with Crippen molar-refractivity contribution in [3.63, 3.8) is 0 Å². The Kier molecular flexibility index (Phi) is 4.53. The first kappa shape index (κ1) is 15.8. The van der Waals surface area contributed by atoms with Crippen LogP contribution in [0.15, 0.2) is 52.0 Å².